The molecule has 0 amide bonds. The Morgan fingerprint density at radius 3 is 2.61 bits per heavy atom. The first-order valence-corrected chi connectivity index (χ1v) is 5.45. The van der Waals surface area contributed by atoms with Gasteiger partial charge >= 0.3 is 0 Å². The van der Waals surface area contributed by atoms with Crippen molar-refractivity contribution in [3.05, 3.63) is 30.1 Å². The van der Waals surface area contributed by atoms with Crippen molar-refractivity contribution >= 4 is 0 Å². The van der Waals surface area contributed by atoms with Crippen LogP contribution in [0.5, 0.6) is 5.75 Å². The molecule has 2 aromatic rings. The Hall–Kier alpha value is -1.99. The topological polar surface area (TPSA) is 82.3 Å². The van der Waals surface area contributed by atoms with Gasteiger partial charge in [-0.2, -0.15) is 0 Å². The molecule has 0 aliphatic carbocycles. The highest BCUT2D eigenvalue weighted by Crippen LogP contribution is 2.13. The summed E-state index contributed by atoms with van der Waals surface area (Å²) < 4.78 is 10.3. The van der Waals surface area contributed by atoms with E-state index in [1.165, 1.54) is 4.80 Å². The number of ether oxygens (including phenoxy) is 2. The van der Waals surface area contributed by atoms with Crippen LogP contribution in [0.15, 0.2) is 24.3 Å². The highest BCUT2D eigenvalue weighted by molar-refractivity contribution is 5.35. The van der Waals surface area contributed by atoms with Crippen LogP contribution in [0.25, 0.3) is 5.69 Å². The fraction of sp³-hybridized carbons (Fsp3) is 0.364. The predicted octanol–water partition coefficient (Wildman–Crippen LogP) is 0.180. The maximum Gasteiger partial charge on any atom is 0.200 e. The average Bonchev–Trinajstić information content (AvgIpc) is 2.89. The number of methoxy groups -OCH3 is 1. The maximum absolute atomic E-state index is 8.85. The lowest BCUT2D eigenvalue weighted by atomic mass is 10.3. The molecule has 96 valence electrons. The highest BCUT2D eigenvalue weighted by atomic mass is 16.5. The minimum atomic E-state index is -0.224. The van der Waals surface area contributed by atoms with E-state index < -0.39 is 0 Å². The van der Waals surface area contributed by atoms with Gasteiger partial charge < -0.3 is 14.6 Å². The van der Waals surface area contributed by atoms with Gasteiger partial charge in [0.25, 0.3) is 0 Å². The number of rotatable bonds is 6. The van der Waals surface area contributed by atoms with Crippen LogP contribution in [0.1, 0.15) is 5.82 Å². The highest BCUT2D eigenvalue weighted by Gasteiger charge is 2.03. The molecular weight excluding hydrogens is 236 g/mol. The van der Waals surface area contributed by atoms with E-state index in [4.69, 9.17) is 14.6 Å². The molecule has 1 aromatic heterocycles. The first-order chi connectivity index (χ1) is 8.83. The van der Waals surface area contributed by atoms with Gasteiger partial charge in [-0.1, -0.05) is 0 Å². The Bertz CT molecular complexity index is 483. The lowest BCUT2D eigenvalue weighted by Crippen LogP contribution is -2.04. The average molecular weight is 250 g/mol. The summed E-state index contributed by atoms with van der Waals surface area (Å²) in [6.07, 6.45) is 0. The van der Waals surface area contributed by atoms with Gasteiger partial charge in [0, 0.05) is 7.11 Å². The molecule has 0 saturated heterocycles. The van der Waals surface area contributed by atoms with Crippen molar-refractivity contribution in [2.75, 3.05) is 20.3 Å². The number of hydrogen-bond acceptors (Lipinski definition) is 6. The molecular formula is C11H14N4O3. The normalized spacial score (nSPS) is 10.6. The third kappa shape index (κ3) is 3.02. The van der Waals surface area contributed by atoms with Gasteiger partial charge in [-0.15, -0.1) is 15.0 Å². The van der Waals surface area contributed by atoms with Crippen LogP contribution in [-0.4, -0.2) is 45.6 Å². The molecule has 0 radical (unpaired) electrons. The summed E-state index contributed by atoms with van der Waals surface area (Å²) in [6.45, 7) is 0.830. The fourth-order valence-corrected chi connectivity index (χ4v) is 1.33. The number of tetrazole rings is 1. The second-order valence-electron chi connectivity index (χ2n) is 3.49. The molecule has 0 unspecified atom stereocenters. The minimum Gasteiger partial charge on any atom is -0.491 e. The standard InChI is InChI=1S/C11H14N4O3/c1-17-6-7-18-10-4-2-9(3-5-10)15-13-11(8-16)12-14-15/h2-5,16H,6-8H2,1H3. The molecule has 1 heterocycles. The first-order valence-electron chi connectivity index (χ1n) is 5.45. The predicted molar refractivity (Wildman–Crippen MR) is 62.4 cm³/mol. The van der Waals surface area contributed by atoms with Crippen LogP contribution in [-0.2, 0) is 11.3 Å². The lowest BCUT2D eigenvalue weighted by Gasteiger charge is -2.05. The smallest absolute Gasteiger partial charge is 0.200 e. The number of hydrogen-bond donors (Lipinski definition) is 1. The van der Waals surface area contributed by atoms with Gasteiger partial charge in [0.05, 0.1) is 12.3 Å². The monoisotopic (exact) mass is 250 g/mol. The van der Waals surface area contributed by atoms with Gasteiger partial charge in [-0.25, -0.2) is 0 Å². The van der Waals surface area contributed by atoms with E-state index in [9.17, 15) is 0 Å². The molecule has 0 fully saturated rings. The van der Waals surface area contributed by atoms with Gasteiger partial charge in [-0.3, -0.25) is 0 Å². The maximum atomic E-state index is 8.85. The molecule has 2 rings (SSSR count). The van der Waals surface area contributed by atoms with Gasteiger partial charge in [0.2, 0.25) is 5.82 Å². The number of aromatic nitrogens is 4. The quantitative estimate of drug-likeness (QED) is 0.736. The minimum absolute atomic E-state index is 0.224. The molecule has 0 saturated carbocycles. The number of nitrogens with zero attached hydrogens (tertiary/aromatic N) is 4. The Morgan fingerprint density at radius 1 is 1.22 bits per heavy atom. The SMILES string of the molecule is COCCOc1ccc(-n2nnc(CO)n2)cc1. The van der Waals surface area contributed by atoms with E-state index in [1.807, 2.05) is 24.3 Å². The first kappa shape index (κ1) is 12.5. The molecule has 18 heavy (non-hydrogen) atoms. The van der Waals surface area contributed by atoms with E-state index in [-0.39, 0.29) is 12.4 Å². The van der Waals surface area contributed by atoms with Crippen LogP contribution >= 0.6 is 0 Å². The zero-order chi connectivity index (χ0) is 12.8. The summed E-state index contributed by atoms with van der Waals surface area (Å²) >= 11 is 0. The zero-order valence-electron chi connectivity index (χ0n) is 9.98. The third-order valence-corrected chi connectivity index (χ3v) is 2.22. The molecule has 0 bridgehead atoms. The van der Waals surface area contributed by atoms with E-state index in [0.717, 1.165) is 11.4 Å². The molecule has 0 spiro atoms. The van der Waals surface area contributed by atoms with Crippen LogP contribution in [0.4, 0.5) is 0 Å². The van der Waals surface area contributed by atoms with Crippen molar-refractivity contribution in [3.63, 3.8) is 0 Å². The van der Waals surface area contributed by atoms with Crippen LogP contribution in [0.3, 0.4) is 0 Å². The molecule has 0 aliphatic rings. The Kier molecular flexibility index (Phi) is 4.21. The number of benzene rings is 1. The Balaban J connectivity index is 2.02. The molecule has 0 aliphatic heterocycles. The lowest BCUT2D eigenvalue weighted by molar-refractivity contribution is 0.146. The van der Waals surface area contributed by atoms with Crippen molar-refractivity contribution in [3.8, 4) is 11.4 Å². The molecule has 1 aromatic carbocycles. The van der Waals surface area contributed by atoms with Gasteiger partial charge in [0.1, 0.15) is 19.0 Å². The van der Waals surface area contributed by atoms with Crippen molar-refractivity contribution in [1.82, 2.24) is 20.2 Å². The summed E-state index contributed by atoms with van der Waals surface area (Å²) in [5, 5.41) is 20.3. The van der Waals surface area contributed by atoms with E-state index in [0.29, 0.717) is 13.2 Å². The fourth-order valence-electron chi connectivity index (χ4n) is 1.33. The van der Waals surface area contributed by atoms with E-state index in [2.05, 4.69) is 15.4 Å². The molecule has 1 N–H and O–H groups in total. The zero-order valence-corrected chi connectivity index (χ0v) is 9.98. The second kappa shape index (κ2) is 6.08. The van der Waals surface area contributed by atoms with Gasteiger partial charge in [-0.05, 0) is 29.5 Å². The summed E-state index contributed by atoms with van der Waals surface area (Å²) in [7, 11) is 1.63. The van der Waals surface area contributed by atoms with Crippen LogP contribution in [0.2, 0.25) is 0 Å². The molecule has 0 atom stereocenters. The Morgan fingerprint density at radius 2 is 2.00 bits per heavy atom. The van der Waals surface area contributed by atoms with Crippen LogP contribution in [0, 0.1) is 0 Å². The number of aliphatic hydroxyl groups excluding tert-OH is 1. The second-order valence-corrected chi connectivity index (χ2v) is 3.49. The van der Waals surface area contributed by atoms with Crippen molar-refractivity contribution in [2.24, 2.45) is 0 Å². The molecule has 7 nitrogen and oxygen atoms in total. The Labute approximate surface area is 104 Å². The van der Waals surface area contributed by atoms with E-state index in [1.54, 1.807) is 7.11 Å². The van der Waals surface area contributed by atoms with Crippen molar-refractivity contribution < 1.29 is 14.6 Å². The van der Waals surface area contributed by atoms with Crippen molar-refractivity contribution in [1.29, 1.82) is 0 Å². The third-order valence-electron chi connectivity index (χ3n) is 2.22. The summed E-state index contributed by atoms with van der Waals surface area (Å²) in [5.74, 6) is 1.04. The van der Waals surface area contributed by atoms with Crippen molar-refractivity contribution in [2.45, 2.75) is 6.61 Å². The number of aliphatic hydroxyl groups is 1. The van der Waals surface area contributed by atoms with Gasteiger partial charge in [0.15, 0.2) is 0 Å². The largest absolute Gasteiger partial charge is 0.491 e. The summed E-state index contributed by atoms with van der Waals surface area (Å²) in [5.41, 5.74) is 0.751. The van der Waals surface area contributed by atoms with Crippen LogP contribution < -0.4 is 4.74 Å². The van der Waals surface area contributed by atoms with E-state index >= 15 is 0 Å². The molecule has 7 heteroatoms. The summed E-state index contributed by atoms with van der Waals surface area (Å²) in [4.78, 5) is 1.35. The summed E-state index contributed by atoms with van der Waals surface area (Å²) in [6, 6.07) is 7.25.